The number of pyridine rings is 1. The molecular formula is C25H33N3O4S2. The third-order valence-corrected chi connectivity index (χ3v) is 6.58. The van der Waals surface area contributed by atoms with Crippen LogP contribution in [0.1, 0.15) is 57.9 Å². The van der Waals surface area contributed by atoms with Crippen molar-refractivity contribution in [2.24, 2.45) is 0 Å². The zero-order chi connectivity index (χ0) is 25.1. The van der Waals surface area contributed by atoms with Gasteiger partial charge in [-0.2, -0.15) is 11.3 Å². The number of rotatable bonds is 9. The van der Waals surface area contributed by atoms with Crippen molar-refractivity contribution in [3.8, 4) is 11.3 Å². The maximum absolute atomic E-state index is 13.0. The summed E-state index contributed by atoms with van der Waals surface area (Å²) in [6, 6.07) is 4.46. The molecule has 0 saturated heterocycles. The summed E-state index contributed by atoms with van der Waals surface area (Å²) in [4.78, 5) is 41.2. The molecule has 1 atom stereocenters. The van der Waals surface area contributed by atoms with E-state index in [2.05, 4.69) is 48.7 Å². The Bertz CT molecular complexity index is 967. The molecule has 1 unspecified atom stereocenters. The van der Waals surface area contributed by atoms with Crippen LogP contribution < -0.4 is 10.6 Å². The number of hydrogen-bond acceptors (Lipinski definition) is 6. The van der Waals surface area contributed by atoms with Crippen LogP contribution in [-0.2, 0) is 20.8 Å². The maximum Gasteiger partial charge on any atom is 0.326 e. The number of nitrogens with zero attached hydrogens (tertiary/aromatic N) is 1. The van der Waals surface area contributed by atoms with E-state index in [0.29, 0.717) is 18.4 Å². The summed E-state index contributed by atoms with van der Waals surface area (Å²) in [5.41, 5.74) is 1.35. The molecule has 9 heteroatoms. The Morgan fingerprint density at radius 1 is 1.21 bits per heavy atom. The first-order valence-corrected chi connectivity index (χ1v) is 12.8. The highest BCUT2D eigenvalue weighted by molar-refractivity contribution is 7.85. The second kappa shape index (κ2) is 13.3. The third-order valence-electron chi connectivity index (χ3n) is 5.69. The number of thiol groups is 1. The number of aromatic nitrogens is 1. The van der Waals surface area contributed by atoms with E-state index in [1.54, 1.807) is 23.6 Å². The van der Waals surface area contributed by atoms with E-state index >= 15 is 0 Å². The van der Waals surface area contributed by atoms with Gasteiger partial charge in [0.15, 0.2) is 0 Å². The second-order valence-corrected chi connectivity index (χ2v) is 9.64. The Kier molecular flexibility index (Phi) is 10.8. The zero-order valence-corrected chi connectivity index (χ0v) is 21.4. The lowest BCUT2D eigenvalue weighted by Crippen LogP contribution is -2.60. The molecule has 1 fully saturated rings. The average Bonchev–Trinajstić information content (AvgIpc) is 3.52. The smallest absolute Gasteiger partial charge is 0.326 e. The number of thiophene rings is 1. The summed E-state index contributed by atoms with van der Waals surface area (Å²) in [7, 11) is 0. The Labute approximate surface area is 210 Å². The summed E-state index contributed by atoms with van der Waals surface area (Å²) in [6.07, 6.45) is 6.75. The monoisotopic (exact) mass is 503 g/mol. The first-order chi connectivity index (χ1) is 16.2. The van der Waals surface area contributed by atoms with E-state index in [1.807, 2.05) is 22.9 Å². The number of carbonyl (C=O) groups excluding carboxylic acids is 2. The molecule has 184 valence electrons. The number of carboxylic acids is 1. The van der Waals surface area contributed by atoms with Gasteiger partial charge in [-0.05, 0) is 35.9 Å². The van der Waals surface area contributed by atoms with Gasteiger partial charge in [-0.15, -0.1) is 12.6 Å². The molecule has 1 saturated carbocycles. The number of unbranched alkanes of at least 4 members (excludes halogenated alkanes) is 1. The van der Waals surface area contributed by atoms with Crippen LogP contribution in [0.2, 0.25) is 0 Å². The molecule has 1 aliphatic carbocycles. The van der Waals surface area contributed by atoms with Crippen molar-refractivity contribution >= 4 is 41.7 Å². The fraction of sp³-hybridized carbons (Fsp3) is 0.440. The Morgan fingerprint density at radius 2 is 1.88 bits per heavy atom. The predicted molar refractivity (Wildman–Crippen MR) is 139 cm³/mol. The second-order valence-electron chi connectivity index (χ2n) is 8.32. The Balaban J connectivity index is 0.000000945. The van der Waals surface area contributed by atoms with Gasteiger partial charge in [0.25, 0.3) is 5.91 Å². The molecule has 0 aliphatic heterocycles. The van der Waals surface area contributed by atoms with Gasteiger partial charge in [-0.3, -0.25) is 14.6 Å². The SMILES string of the molecule is C=C(S)C(=O)NC1(C(=O)NC(Cc2ccc(-c3ccsc3)nc2)C(=O)O)CCCC1.CCCC. The van der Waals surface area contributed by atoms with Gasteiger partial charge >= 0.3 is 5.97 Å². The van der Waals surface area contributed by atoms with Crippen molar-refractivity contribution in [2.45, 2.75) is 70.4 Å². The first kappa shape index (κ1) is 27.6. The zero-order valence-electron chi connectivity index (χ0n) is 19.7. The highest BCUT2D eigenvalue weighted by Gasteiger charge is 2.43. The summed E-state index contributed by atoms with van der Waals surface area (Å²) in [6.45, 7) is 7.84. The highest BCUT2D eigenvalue weighted by Crippen LogP contribution is 2.30. The molecule has 2 aromatic heterocycles. The highest BCUT2D eigenvalue weighted by atomic mass is 32.1. The summed E-state index contributed by atoms with van der Waals surface area (Å²) >= 11 is 5.50. The van der Waals surface area contributed by atoms with Crippen LogP contribution in [0.3, 0.4) is 0 Å². The van der Waals surface area contributed by atoms with Gasteiger partial charge in [0, 0.05) is 23.6 Å². The van der Waals surface area contributed by atoms with E-state index in [9.17, 15) is 19.5 Å². The molecule has 7 nitrogen and oxygen atoms in total. The van der Waals surface area contributed by atoms with Crippen molar-refractivity contribution in [1.82, 2.24) is 15.6 Å². The van der Waals surface area contributed by atoms with Crippen LogP contribution in [0, 0.1) is 0 Å². The van der Waals surface area contributed by atoms with Crippen LogP contribution >= 0.6 is 24.0 Å². The number of nitrogens with one attached hydrogen (secondary N) is 2. The number of carboxylic acid groups (broad SMARTS) is 1. The van der Waals surface area contributed by atoms with E-state index in [0.717, 1.165) is 24.1 Å². The number of aliphatic carboxylic acids is 1. The Hall–Kier alpha value is -2.65. The van der Waals surface area contributed by atoms with Gasteiger partial charge in [-0.1, -0.05) is 52.2 Å². The molecule has 0 bridgehead atoms. The van der Waals surface area contributed by atoms with Crippen molar-refractivity contribution in [3.63, 3.8) is 0 Å². The van der Waals surface area contributed by atoms with Crippen LogP contribution in [0.5, 0.6) is 0 Å². The fourth-order valence-electron chi connectivity index (χ4n) is 3.54. The molecule has 3 N–H and O–H groups in total. The molecule has 0 aromatic carbocycles. The van der Waals surface area contributed by atoms with Crippen molar-refractivity contribution in [3.05, 3.63) is 52.2 Å². The quantitative estimate of drug-likeness (QED) is 0.295. The molecule has 0 radical (unpaired) electrons. The lowest BCUT2D eigenvalue weighted by molar-refractivity contribution is -0.143. The normalized spacial score (nSPS) is 14.9. The average molecular weight is 504 g/mol. The van der Waals surface area contributed by atoms with Crippen molar-refractivity contribution in [1.29, 1.82) is 0 Å². The van der Waals surface area contributed by atoms with Crippen molar-refractivity contribution < 1.29 is 19.5 Å². The van der Waals surface area contributed by atoms with Gasteiger partial charge in [-0.25, -0.2) is 4.79 Å². The molecular weight excluding hydrogens is 470 g/mol. The molecule has 2 aromatic rings. The minimum Gasteiger partial charge on any atom is -0.480 e. The number of carbonyl (C=O) groups is 3. The summed E-state index contributed by atoms with van der Waals surface area (Å²) in [5.74, 6) is -2.18. The standard InChI is InChI=1S/C21H23N3O4S2.C4H10/c1-13(29)18(25)24-21(7-2-3-8-21)20(28)23-17(19(26)27)10-14-4-5-16(22-11-14)15-6-9-30-12-15;1-3-4-2/h4-6,9,11-12,17,29H,1-3,7-8,10H2,(H,23,28)(H,24,25)(H,26,27);3-4H2,1-2H3. The minimum absolute atomic E-state index is 0.000598. The molecule has 3 rings (SSSR count). The number of amides is 2. The minimum atomic E-state index is -1.15. The lowest BCUT2D eigenvalue weighted by Gasteiger charge is -2.30. The lowest BCUT2D eigenvalue weighted by atomic mass is 9.95. The fourth-order valence-corrected chi connectivity index (χ4v) is 4.24. The van der Waals surface area contributed by atoms with E-state index < -0.39 is 29.4 Å². The van der Waals surface area contributed by atoms with Crippen LogP contribution in [-0.4, -0.2) is 39.5 Å². The van der Waals surface area contributed by atoms with Gasteiger partial charge in [0.2, 0.25) is 5.91 Å². The van der Waals surface area contributed by atoms with Gasteiger partial charge < -0.3 is 15.7 Å². The van der Waals surface area contributed by atoms with E-state index in [1.165, 1.54) is 12.8 Å². The van der Waals surface area contributed by atoms with Crippen LogP contribution in [0.15, 0.2) is 46.6 Å². The largest absolute Gasteiger partial charge is 0.480 e. The summed E-state index contributed by atoms with van der Waals surface area (Å²) in [5, 5.41) is 18.9. The predicted octanol–water partition coefficient (Wildman–Crippen LogP) is 4.60. The molecule has 1 aliphatic rings. The molecule has 34 heavy (non-hydrogen) atoms. The van der Waals surface area contributed by atoms with E-state index in [4.69, 9.17) is 0 Å². The number of hydrogen-bond donors (Lipinski definition) is 4. The van der Waals surface area contributed by atoms with Gasteiger partial charge in [0.05, 0.1) is 10.6 Å². The van der Waals surface area contributed by atoms with Crippen molar-refractivity contribution in [2.75, 3.05) is 0 Å². The van der Waals surface area contributed by atoms with Crippen LogP contribution in [0.25, 0.3) is 11.3 Å². The third kappa shape index (κ3) is 7.70. The topological polar surface area (TPSA) is 108 Å². The molecule has 2 heterocycles. The molecule has 0 spiro atoms. The van der Waals surface area contributed by atoms with E-state index in [-0.39, 0.29) is 11.3 Å². The summed E-state index contributed by atoms with van der Waals surface area (Å²) < 4.78 is 0. The molecule has 2 amide bonds. The van der Waals surface area contributed by atoms with Crippen LogP contribution in [0.4, 0.5) is 0 Å². The Morgan fingerprint density at radius 3 is 2.35 bits per heavy atom. The first-order valence-electron chi connectivity index (χ1n) is 11.4. The maximum atomic E-state index is 13.0. The van der Waals surface area contributed by atoms with Gasteiger partial charge in [0.1, 0.15) is 11.6 Å².